The number of methoxy groups -OCH3 is 2. The maximum Gasteiger partial charge on any atom is 0.416 e. The predicted octanol–water partition coefficient (Wildman–Crippen LogP) is 3.76. The van der Waals surface area contributed by atoms with Gasteiger partial charge in [-0.3, -0.25) is 0 Å². The van der Waals surface area contributed by atoms with E-state index in [0.29, 0.717) is 17.1 Å². The zero-order valence-corrected chi connectivity index (χ0v) is 15.1. The van der Waals surface area contributed by atoms with Gasteiger partial charge >= 0.3 is 6.18 Å². The van der Waals surface area contributed by atoms with Gasteiger partial charge in [0, 0.05) is 11.6 Å². The van der Waals surface area contributed by atoms with E-state index in [9.17, 15) is 21.6 Å². The van der Waals surface area contributed by atoms with Gasteiger partial charge in [-0.25, -0.2) is 13.1 Å². The highest BCUT2D eigenvalue weighted by molar-refractivity contribution is 7.89. The number of sulfonamides is 1. The van der Waals surface area contributed by atoms with Crippen molar-refractivity contribution in [2.45, 2.75) is 24.0 Å². The molecule has 142 valence electrons. The van der Waals surface area contributed by atoms with E-state index in [1.807, 2.05) is 0 Å². The monoisotopic (exact) mass is 389 g/mol. The Hall–Kier alpha value is -2.26. The van der Waals surface area contributed by atoms with Gasteiger partial charge in [0.2, 0.25) is 10.0 Å². The van der Waals surface area contributed by atoms with E-state index in [1.165, 1.54) is 14.2 Å². The van der Waals surface area contributed by atoms with E-state index >= 15 is 0 Å². The fourth-order valence-electron chi connectivity index (χ4n) is 2.37. The number of nitrogens with one attached hydrogen (secondary N) is 1. The molecule has 0 aromatic heterocycles. The Labute approximate surface area is 149 Å². The quantitative estimate of drug-likeness (QED) is 0.817. The van der Waals surface area contributed by atoms with Crippen LogP contribution in [0.4, 0.5) is 13.2 Å². The van der Waals surface area contributed by atoms with Gasteiger partial charge in [-0.15, -0.1) is 0 Å². The molecular weight excluding hydrogens is 371 g/mol. The largest absolute Gasteiger partial charge is 0.497 e. The van der Waals surface area contributed by atoms with Gasteiger partial charge < -0.3 is 9.47 Å². The van der Waals surface area contributed by atoms with Crippen molar-refractivity contribution in [1.82, 2.24) is 4.72 Å². The van der Waals surface area contributed by atoms with Crippen molar-refractivity contribution in [2.24, 2.45) is 0 Å². The summed E-state index contributed by atoms with van der Waals surface area (Å²) in [5.41, 5.74) is -0.388. The molecule has 0 amide bonds. The molecule has 5 nitrogen and oxygen atoms in total. The van der Waals surface area contributed by atoms with Crippen molar-refractivity contribution < 1.29 is 31.1 Å². The topological polar surface area (TPSA) is 64.6 Å². The summed E-state index contributed by atoms with van der Waals surface area (Å²) in [5, 5.41) is 0. The number of benzene rings is 2. The molecule has 2 aromatic rings. The lowest BCUT2D eigenvalue weighted by Gasteiger charge is -2.18. The number of ether oxygens (including phenoxy) is 2. The Kier molecular flexibility index (Phi) is 5.82. The molecule has 0 aliphatic heterocycles. The Morgan fingerprint density at radius 1 is 1.00 bits per heavy atom. The molecule has 0 aliphatic rings. The van der Waals surface area contributed by atoms with E-state index in [-0.39, 0.29) is 4.90 Å². The van der Waals surface area contributed by atoms with Gasteiger partial charge in [0.15, 0.2) is 0 Å². The molecule has 1 atom stereocenters. The van der Waals surface area contributed by atoms with Crippen molar-refractivity contribution in [3.8, 4) is 11.5 Å². The highest BCUT2D eigenvalue weighted by atomic mass is 32.2. The molecule has 9 heteroatoms. The molecule has 0 bridgehead atoms. The van der Waals surface area contributed by atoms with Crippen molar-refractivity contribution in [3.05, 3.63) is 53.6 Å². The molecule has 0 unspecified atom stereocenters. The van der Waals surface area contributed by atoms with Crippen LogP contribution in [-0.4, -0.2) is 22.6 Å². The van der Waals surface area contributed by atoms with Crippen molar-refractivity contribution in [2.75, 3.05) is 14.2 Å². The lowest BCUT2D eigenvalue weighted by atomic mass is 10.1. The molecular formula is C17H18F3NO4S. The fraction of sp³-hybridized carbons (Fsp3) is 0.294. The van der Waals surface area contributed by atoms with Crippen molar-refractivity contribution in [3.63, 3.8) is 0 Å². The molecule has 1 N–H and O–H groups in total. The van der Waals surface area contributed by atoms with E-state index < -0.39 is 27.8 Å². The van der Waals surface area contributed by atoms with Crippen LogP contribution in [0.3, 0.4) is 0 Å². The standard InChI is InChI=1S/C17H18F3NO4S/c1-11(15-10-13(24-2)6-9-16(15)25-3)21-26(22,23)14-7-4-12(5-8-14)17(18,19)20/h4-11,21H,1-3H3/t11-/m0/s1. The summed E-state index contributed by atoms with van der Waals surface area (Å²) in [6.07, 6.45) is -4.53. The molecule has 0 saturated heterocycles. The number of rotatable bonds is 6. The Bertz CT molecular complexity index is 865. The smallest absolute Gasteiger partial charge is 0.416 e. The molecule has 0 aliphatic carbocycles. The summed E-state index contributed by atoms with van der Waals surface area (Å²) in [5.74, 6) is 0.967. The first-order chi connectivity index (χ1) is 12.1. The second kappa shape index (κ2) is 7.55. The van der Waals surface area contributed by atoms with Gasteiger partial charge in [-0.2, -0.15) is 13.2 Å². The first-order valence-electron chi connectivity index (χ1n) is 7.50. The van der Waals surface area contributed by atoms with Crippen LogP contribution >= 0.6 is 0 Å². The van der Waals surface area contributed by atoms with E-state index in [1.54, 1.807) is 25.1 Å². The van der Waals surface area contributed by atoms with Crippen molar-refractivity contribution >= 4 is 10.0 Å². The molecule has 26 heavy (non-hydrogen) atoms. The summed E-state index contributed by atoms with van der Waals surface area (Å²) < 4.78 is 75.5. The minimum absolute atomic E-state index is 0.265. The van der Waals surface area contributed by atoms with Gasteiger partial charge in [0.05, 0.1) is 24.7 Å². The zero-order valence-electron chi connectivity index (χ0n) is 14.3. The normalized spacial score (nSPS) is 13.3. The summed E-state index contributed by atoms with van der Waals surface area (Å²) >= 11 is 0. The van der Waals surface area contributed by atoms with Crippen LogP contribution in [0.15, 0.2) is 47.4 Å². The summed E-state index contributed by atoms with van der Waals surface area (Å²) in [7, 11) is -1.11. The maximum absolute atomic E-state index is 12.6. The van der Waals surface area contributed by atoms with Crippen LogP contribution in [0.25, 0.3) is 0 Å². The Balaban J connectivity index is 2.29. The lowest BCUT2D eigenvalue weighted by Crippen LogP contribution is -2.27. The van der Waals surface area contributed by atoms with Gasteiger partial charge in [-0.1, -0.05) is 0 Å². The van der Waals surface area contributed by atoms with Crippen LogP contribution in [0.1, 0.15) is 24.1 Å². The second-order valence-electron chi connectivity index (χ2n) is 5.47. The SMILES string of the molecule is COc1ccc(OC)c([C@H](C)NS(=O)(=O)c2ccc(C(F)(F)F)cc2)c1. The molecule has 0 fully saturated rings. The van der Waals surface area contributed by atoms with Crippen LogP contribution in [0.2, 0.25) is 0 Å². The number of alkyl halides is 3. The minimum Gasteiger partial charge on any atom is -0.497 e. The second-order valence-corrected chi connectivity index (χ2v) is 7.19. The highest BCUT2D eigenvalue weighted by Gasteiger charge is 2.31. The molecule has 0 spiro atoms. The van der Waals surface area contributed by atoms with E-state index in [4.69, 9.17) is 9.47 Å². The molecule has 0 saturated carbocycles. The summed E-state index contributed by atoms with van der Waals surface area (Å²) in [6.45, 7) is 1.60. The number of hydrogen-bond donors (Lipinski definition) is 1. The van der Waals surface area contributed by atoms with E-state index in [0.717, 1.165) is 24.3 Å². The minimum atomic E-state index is -4.53. The average molecular weight is 389 g/mol. The summed E-state index contributed by atoms with van der Waals surface area (Å²) in [4.78, 5) is -0.265. The Morgan fingerprint density at radius 3 is 2.12 bits per heavy atom. The molecule has 0 heterocycles. The third kappa shape index (κ3) is 4.47. The summed E-state index contributed by atoms with van der Waals surface area (Å²) in [6, 6.07) is 7.51. The number of hydrogen-bond acceptors (Lipinski definition) is 4. The third-order valence-corrected chi connectivity index (χ3v) is 5.28. The maximum atomic E-state index is 12.6. The van der Waals surface area contributed by atoms with Gasteiger partial charge in [0.25, 0.3) is 0 Å². The van der Waals surface area contributed by atoms with Crippen LogP contribution in [0, 0.1) is 0 Å². The van der Waals surface area contributed by atoms with Gasteiger partial charge in [0.1, 0.15) is 11.5 Å². The molecule has 2 rings (SSSR count). The number of halogens is 3. The van der Waals surface area contributed by atoms with Gasteiger partial charge in [-0.05, 0) is 49.4 Å². The molecule has 0 radical (unpaired) electrons. The van der Waals surface area contributed by atoms with Crippen molar-refractivity contribution in [1.29, 1.82) is 0 Å². The average Bonchev–Trinajstić information content (AvgIpc) is 2.60. The van der Waals surface area contributed by atoms with Crippen LogP contribution in [-0.2, 0) is 16.2 Å². The lowest BCUT2D eigenvalue weighted by molar-refractivity contribution is -0.137. The third-order valence-electron chi connectivity index (χ3n) is 3.73. The Morgan fingerprint density at radius 2 is 1.62 bits per heavy atom. The van der Waals surface area contributed by atoms with Crippen LogP contribution in [0.5, 0.6) is 11.5 Å². The first kappa shape index (κ1) is 20.1. The zero-order chi connectivity index (χ0) is 19.5. The van der Waals surface area contributed by atoms with Crippen LogP contribution < -0.4 is 14.2 Å². The molecule has 2 aromatic carbocycles. The van der Waals surface area contributed by atoms with E-state index in [2.05, 4.69) is 4.72 Å². The predicted molar refractivity (Wildman–Crippen MR) is 89.7 cm³/mol. The fourth-order valence-corrected chi connectivity index (χ4v) is 3.59. The first-order valence-corrected chi connectivity index (χ1v) is 8.98. The highest BCUT2D eigenvalue weighted by Crippen LogP contribution is 2.32.